The number of hydrogen-bond donors (Lipinski definition) is 8. The first kappa shape index (κ1) is 40.8. The molecule has 6 aliphatic rings. The van der Waals surface area contributed by atoms with Crippen LogP contribution in [0, 0.1) is 52.3 Å². The molecule has 300 valence electrons. The quantitative estimate of drug-likeness (QED) is 0.150. The maximum atomic E-state index is 13.8. The van der Waals surface area contributed by atoms with E-state index in [1.807, 2.05) is 13.8 Å². The highest BCUT2D eigenvalue weighted by atomic mass is 16.8. The Morgan fingerprint density at radius 3 is 2.21 bits per heavy atom. The lowest BCUT2D eigenvalue weighted by atomic mass is 9.44. The van der Waals surface area contributed by atoms with Crippen molar-refractivity contribution in [1.29, 1.82) is 0 Å². The minimum absolute atomic E-state index is 0.0156. The molecule has 4 saturated carbocycles. The van der Waals surface area contributed by atoms with Gasteiger partial charge in [0.05, 0.1) is 24.9 Å². The Labute approximate surface area is 308 Å². The summed E-state index contributed by atoms with van der Waals surface area (Å²) < 4.78 is 24.9. The monoisotopic (exact) mass is 742 g/mol. The molecule has 2 saturated heterocycles. The highest BCUT2D eigenvalue weighted by Crippen LogP contribution is 2.69. The number of carbonyl (C=O) groups is 1. The lowest BCUT2D eigenvalue weighted by Gasteiger charge is -2.61. The average molecular weight is 743 g/mol. The van der Waals surface area contributed by atoms with Crippen LogP contribution in [0.1, 0.15) is 98.8 Å². The predicted molar refractivity (Wildman–Crippen MR) is 186 cm³/mol. The summed E-state index contributed by atoms with van der Waals surface area (Å²) in [5.74, 6) is 1.03. The second-order valence-electron chi connectivity index (χ2n) is 18.1. The van der Waals surface area contributed by atoms with Crippen LogP contribution in [-0.2, 0) is 23.7 Å². The van der Waals surface area contributed by atoms with Crippen molar-refractivity contribution in [2.45, 2.75) is 172 Å². The summed E-state index contributed by atoms with van der Waals surface area (Å²) in [7, 11) is 0. The second kappa shape index (κ2) is 16.0. The van der Waals surface area contributed by atoms with Crippen molar-refractivity contribution in [3.8, 4) is 0 Å². The number of hydrogen-bond acceptors (Lipinski definition) is 13. The van der Waals surface area contributed by atoms with Crippen molar-refractivity contribution in [2.75, 3.05) is 13.2 Å². The standard InChI is InChI=1S/C39H66O13/c1-18(16-40)6-9-26(43)19(2)25-15-27(29-23-8-7-21-14-22(42)10-12-38(21,4)24(23)11-13-39(25,29)5)50-37-35(33(47)31(45)28(17-41)51-37)52-36-34(48)32(46)30(44)20(3)49-36/h18-25,27-37,40-42,44-48H,6-17H2,1-5H3/t18-,19+,20+,21+,22+,23-,24+,25?,27+,28-,29-,30+,31-,32-,33+,34-,35-,36+,37+,38+,39-/m1/s1. The van der Waals surface area contributed by atoms with Gasteiger partial charge in [-0.1, -0.05) is 27.7 Å². The van der Waals surface area contributed by atoms with Crippen LogP contribution in [0.25, 0.3) is 0 Å². The van der Waals surface area contributed by atoms with E-state index in [1.54, 1.807) is 0 Å². The van der Waals surface area contributed by atoms with Gasteiger partial charge in [0.25, 0.3) is 0 Å². The molecule has 0 aromatic carbocycles. The van der Waals surface area contributed by atoms with Gasteiger partial charge >= 0.3 is 0 Å². The SMILES string of the molecule is C[C@@H](CO)CCC(=O)[C@@H](C)C1C[C@H](O[C@H]2O[C@H](CO)[C@@H](O)[C@H](O)[C@H]2O[C@@H]2O[C@@H](C)[C@H](O)[C@@H](O)[C@H]2O)[C@H]2[C@@H]3CC[C@H]4C[C@@H](O)CC[C@]4(C)[C@H]3CC[C@]12C. The van der Waals surface area contributed by atoms with Crippen molar-refractivity contribution < 1.29 is 64.6 Å². The van der Waals surface area contributed by atoms with Crippen LogP contribution in [0.5, 0.6) is 0 Å². The van der Waals surface area contributed by atoms with Crippen molar-refractivity contribution in [1.82, 2.24) is 0 Å². The van der Waals surface area contributed by atoms with E-state index in [0.717, 1.165) is 44.9 Å². The van der Waals surface area contributed by atoms with Gasteiger partial charge in [-0.25, -0.2) is 0 Å². The molecule has 4 aliphatic carbocycles. The number of rotatable bonds is 11. The van der Waals surface area contributed by atoms with E-state index in [2.05, 4.69) is 13.8 Å². The van der Waals surface area contributed by atoms with Crippen LogP contribution >= 0.6 is 0 Å². The Morgan fingerprint density at radius 2 is 1.52 bits per heavy atom. The van der Waals surface area contributed by atoms with E-state index in [1.165, 1.54) is 6.92 Å². The van der Waals surface area contributed by atoms with Crippen molar-refractivity contribution in [3.05, 3.63) is 0 Å². The molecule has 2 aliphatic heterocycles. The Balaban J connectivity index is 1.32. The van der Waals surface area contributed by atoms with Crippen LogP contribution < -0.4 is 0 Å². The highest BCUT2D eigenvalue weighted by molar-refractivity contribution is 5.81. The minimum atomic E-state index is -1.67. The third-order valence-corrected chi connectivity index (χ3v) is 15.2. The molecule has 0 radical (unpaired) electrons. The number of aliphatic hydroxyl groups excluding tert-OH is 8. The Morgan fingerprint density at radius 1 is 0.808 bits per heavy atom. The first-order valence-electron chi connectivity index (χ1n) is 20.0. The largest absolute Gasteiger partial charge is 0.396 e. The molecule has 0 spiro atoms. The molecule has 0 amide bonds. The fourth-order valence-electron chi connectivity index (χ4n) is 11.9. The van der Waals surface area contributed by atoms with E-state index in [4.69, 9.17) is 18.9 Å². The summed E-state index contributed by atoms with van der Waals surface area (Å²) in [6.45, 7) is 9.60. The maximum absolute atomic E-state index is 13.8. The molecule has 0 bridgehead atoms. The molecule has 6 rings (SSSR count). The van der Waals surface area contributed by atoms with E-state index >= 15 is 0 Å². The summed E-state index contributed by atoms with van der Waals surface area (Å²) in [4.78, 5) is 13.8. The number of ketones is 1. The molecule has 0 aromatic heterocycles. The summed E-state index contributed by atoms with van der Waals surface area (Å²) in [6, 6.07) is 0. The van der Waals surface area contributed by atoms with Gasteiger partial charge in [-0.3, -0.25) is 4.79 Å². The number of ether oxygens (including phenoxy) is 4. The van der Waals surface area contributed by atoms with E-state index in [0.29, 0.717) is 31.1 Å². The lowest BCUT2D eigenvalue weighted by Crippen LogP contribution is -2.64. The first-order valence-corrected chi connectivity index (χ1v) is 20.0. The molecule has 13 nitrogen and oxygen atoms in total. The van der Waals surface area contributed by atoms with Gasteiger partial charge < -0.3 is 59.8 Å². The summed E-state index contributed by atoms with van der Waals surface area (Å²) in [5.41, 5.74) is -0.196. The molecule has 52 heavy (non-hydrogen) atoms. The summed E-state index contributed by atoms with van der Waals surface area (Å²) in [5, 5.41) is 84.2. The number of Topliss-reactive ketones (excluding diaryl/α,β-unsaturated/α-hetero) is 1. The van der Waals surface area contributed by atoms with Crippen LogP contribution in [-0.4, -0.2) is 133 Å². The zero-order chi connectivity index (χ0) is 37.9. The van der Waals surface area contributed by atoms with Gasteiger partial charge in [0.2, 0.25) is 0 Å². The zero-order valence-corrected chi connectivity index (χ0v) is 31.6. The predicted octanol–water partition coefficient (Wildman–Crippen LogP) is 1.27. The Bertz CT molecular complexity index is 1220. The molecular formula is C39H66O13. The number of aliphatic hydroxyl groups is 8. The lowest BCUT2D eigenvalue weighted by molar-refractivity contribution is -0.371. The summed E-state index contributed by atoms with van der Waals surface area (Å²) >= 11 is 0. The van der Waals surface area contributed by atoms with Gasteiger partial charge in [0.1, 0.15) is 48.5 Å². The van der Waals surface area contributed by atoms with Crippen LogP contribution in [0.2, 0.25) is 0 Å². The van der Waals surface area contributed by atoms with E-state index < -0.39 is 74.1 Å². The third kappa shape index (κ3) is 7.29. The maximum Gasteiger partial charge on any atom is 0.187 e. The van der Waals surface area contributed by atoms with Gasteiger partial charge in [-0.2, -0.15) is 0 Å². The van der Waals surface area contributed by atoms with Crippen LogP contribution in [0.4, 0.5) is 0 Å². The number of fused-ring (bicyclic) bond motifs is 5. The van der Waals surface area contributed by atoms with Crippen LogP contribution in [0.3, 0.4) is 0 Å². The zero-order valence-electron chi connectivity index (χ0n) is 31.6. The van der Waals surface area contributed by atoms with Gasteiger partial charge in [0.15, 0.2) is 12.6 Å². The van der Waals surface area contributed by atoms with Crippen molar-refractivity contribution in [2.24, 2.45) is 52.3 Å². The summed E-state index contributed by atoms with van der Waals surface area (Å²) in [6.07, 6.45) is -6.81. The number of carbonyl (C=O) groups excluding carboxylic acids is 1. The topological polar surface area (TPSA) is 216 Å². The molecule has 8 N–H and O–H groups in total. The second-order valence-corrected chi connectivity index (χ2v) is 18.1. The highest BCUT2D eigenvalue weighted by Gasteiger charge is 2.65. The Hall–Kier alpha value is -0.810. The van der Waals surface area contributed by atoms with Gasteiger partial charge in [-0.15, -0.1) is 0 Å². The van der Waals surface area contributed by atoms with E-state index in [-0.39, 0.29) is 58.9 Å². The van der Waals surface area contributed by atoms with E-state index in [9.17, 15) is 45.6 Å². The first-order chi connectivity index (χ1) is 24.5. The smallest absolute Gasteiger partial charge is 0.187 e. The molecule has 13 heteroatoms. The third-order valence-electron chi connectivity index (χ3n) is 15.2. The van der Waals surface area contributed by atoms with Gasteiger partial charge in [0, 0.05) is 18.9 Å². The molecule has 1 unspecified atom stereocenters. The van der Waals surface area contributed by atoms with Gasteiger partial charge in [-0.05, 0) is 111 Å². The fraction of sp³-hybridized carbons (Fsp3) is 0.974. The van der Waals surface area contributed by atoms with Crippen molar-refractivity contribution >= 4 is 5.78 Å². The molecular weight excluding hydrogens is 676 g/mol. The fourth-order valence-corrected chi connectivity index (χ4v) is 11.9. The Kier molecular flexibility index (Phi) is 12.5. The molecule has 0 aromatic rings. The van der Waals surface area contributed by atoms with Crippen molar-refractivity contribution in [3.63, 3.8) is 0 Å². The normalized spacial score (nSPS) is 51.9. The van der Waals surface area contributed by atoms with Crippen LogP contribution in [0.15, 0.2) is 0 Å². The molecule has 2 heterocycles. The minimum Gasteiger partial charge on any atom is -0.396 e. The molecule has 6 fully saturated rings. The molecule has 21 atom stereocenters. The average Bonchev–Trinajstić information content (AvgIpc) is 3.42.